The number of hydrogen-bond donors (Lipinski definition) is 3. The molecule has 2 saturated heterocycles. The highest BCUT2D eigenvalue weighted by Gasteiger charge is 2.48. The van der Waals surface area contributed by atoms with Gasteiger partial charge in [-0.2, -0.15) is 13.2 Å². The predicted octanol–water partition coefficient (Wildman–Crippen LogP) is 10.6. The Labute approximate surface area is 387 Å². The van der Waals surface area contributed by atoms with Gasteiger partial charge in [0.05, 0.1) is 11.8 Å². The first-order valence-corrected chi connectivity index (χ1v) is 25.9. The van der Waals surface area contributed by atoms with Crippen molar-refractivity contribution in [2.45, 2.75) is 118 Å². The predicted molar refractivity (Wildman–Crippen MR) is 257 cm³/mol. The molecule has 1 aliphatic carbocycles. The summed E-state index contributed by atoms with van der Waals surface area (Å²) in [6.07, 6.45) is 7.26. The Morgan fingerprint density at radius 1 is 0.922 bits per heavy atom. The molecule has 3 aliphatic rings. The van der Waals surface area contributed by atoms with Crippen molar-refractivity contribution in [2.24, 2.45) is 5.41 Å². The van der Waals surface area contributed by atoms with E-state index in [2.05, 4.69) is 59.4 Å². The van der Waals surface area contributed by atoms with E-state index in [0.717, 1.165) is 87.0 Å². The lowest BCUT2D eigenvalue weighted by atomic mass is 9.71. The van der Waals surface area contributed by atoms with Gasteiger partial charge in [-0.1, -0.05) is 56.5 Å². The monoisotopic (exact) mass is 941 g/mol. The Kier molecular flexibility index (Phi) is 17.4. The Hall–Kier alpha value is -3.47. The number of sulfone groups is 1. The van der Waals surface area contributed by atoms with Crippen LogP contribution < -0.4 is 14.9 Å². The third-order valence-electron chi connectivity index (χ3n) is 12.6. The number of anilines is 2. The van der Waals surface area contributed by atoms with Crippen LogP contribution in [0, 0.1) is 5.41 Å². The van der Waals surface area contributed by atoms with Crippen molar-refractivity contribution >= 4 is 50.8 Å². The maximum absolute atomic E-state index is 14.2. The first-order chi connectivity index (χ1) is 30.4. The van der Waals surface area contributed by atoms with Gasteiger partial charge in [-0.25, -0.2) is 8.42 Å². The number of allylic oxidation sites excluding steroid dienone is 3. The summed E-state index contributed by atoms with van der Waals surface area (Å²) < 4.78 is 71.3. The summed E-state index contributed by atoms with van der Waals surface area (Å²) in [4.78, 5) is 20.6. The highest BCUT2D eigenvalue weighted by atomic mass is 32.2. The van der Waals surface area contributed by atoms with Gasteiger partial charge >= 0.3 is 5.51 Å². The average molecular weight is 942 g/mol. The number of benzene rings is 3. The number of nitrogens with zero attached hydrogens (tertiary/aromatic N) is 3. The molecule has 350 valence electrons. The number of rotatable bonds is 18. The Morgan fingerprint density at radius 2 is 1.61 bits per heavy atom. The van der Waals surface area contributed by atoms with Crippen molar-refractivity contribution in [3.63, 3.8) is 0 Å². The third kappa shape index (κ3) is 13.6. The number of piperidine rings is 1. The minimum Gasteiger partial charge on any atom is -0.393 e. The van der Waals surface area contributed by atoms with Crippen molar-refractivity contribution in [3.8, 4) is 0 Å². The fraction of sp³-hybridized carbons (Fsp3) is 0.531. The maximum atomic E-state index is 14.2. The summed E-state index contributed by atoms with van der Waals surface area (Å²) in [5.74, 6) is 0.0213. The van der Waals surface area contributed by atoms with E-state index in [0.29, 0.717) is 55.6 Å². The van der Waals surface area contributed by atoms with E-state index >= 15 is 0 Å². The van der Waals surface area contributed by atoms with Crippen LogP contribution in [-0.2, 0) is 9.84 Å². The molecular formula is C49H66F3N5O4S3. The van der Waals surface area contributed by atoms with E-state index in [4.69, 9.17) is 0 Å². The largest absolute Gasteiger partial charge is 0.501 e. The molecule has 0 saturated carbocycles. The van der Waals surface area contributed by atoms with E-state index in [1.807, 2.05) is 42.5 Å². The number of halogens is 3. The number of aliphatic hydroxyl groups is 1. The molecule has 1 atom stereocenters. The zero-order chi connectivity index (χ0) is 46.1. The van der Waals surface area contributed by atoms with Crippen LogP contribution in [0.1, 0.15) is 96.3 Å². The number of likely N-dealkylation sites (tertiary alicyclic amines) is 1. The van der Waals surface area contributed by atoms with Gasteiger partial charge in [0.25, 0.3) is 15.7 Å². The summed E-state index contributed by atoms with van der Waals surface area (Å²) in [6, 6.07) is 20.4. The average Bonchev–Trinajstić information content (AvgIpc) is 3.27. The van der Waals surface area contributed by atoms with E-state index in [9.17, 15) is 31.5 Å². The molecule has 0 bridgehead atoms. The quantitative estimate of drug-likeness (QED) is 0.0844. The third-order valence-corrected chi connectivity index (χ3v) is 16.1. The Balaban J connectivity index is 1.08. The number of thioether (sulfide) groups is 1. The SMILES string of the molecule is CCCC(=C(C)C)C1=C(CN2CCN(c3ccc(C(=O)NSc4ccc(NC(CCN5CCC(O)CC5)CSc5ccccc5)c(S(=O)(=O)C(F)(F)F)c4)cc3)CC2)CCC(C)(C)C1. The summed E-state index contributed by atoms with van der Waals surface area (Å²) in [5.41, 5.74) is 2.19. The first kappa shape index (κ1) is 50.0. The second-order valence-electron chi connectivity index (χ2n) is 18.4. The number of piperazine rings is 1. The highest BCUT2D eigenvalue weighted by molar-refractivity contribution is 7.99. The molecule has 3 aromatic rings. The molecule has 1 amide bonds. The molecule has 3 aromatic carbocycles. The van der Waals surface area contributed by atoms with Crippen LogP contribution in [0.2, 0.25) is 0 Å². The van der Waals surface area contributed by atoms with Crippen LogP contribution in [-0.4, -0.2) is 105 Å². The second kappa shape index (κ2) is 22.3. The summed E-state index contributed by atoms with van der Waals surface area (Å²) >= 11 is 2.30. The van der Waals surface area contributed by atoms with Gasteiger partial charge in [0.15, 0.2) is 0 Å². The van der Waals surface area contributed by atoms with Gasteiger partial charge in [0.2, 0.25) is 0 Å². The van der Waals surface area contributed by atoms with Gasteiger partial charge in [-0.15, -0.1) is 11.8 Å². The minimum atomic E-state index is -5.76. The molecular weight excluding hydrogens is 876 g/mol. The van der Waals surface area contributed by atoms with Gasteiger partial charge in [0.1, 0.15) is 4.90 Å². The van der Waals surface area contributed by atoms with Crippen LogP contribution in [0.4, 0.5) is 24.5 Å². The van der Waals surface area contributed by atoms with Crippen molar-refractivity contribution in [2.75, 3.05) is 68.3 Å². The number of carbonyl (C=O) groups is 1. The van der Waals surface area contributed by atoms with E-state index in [1.54, 1.807) is 28.9 Å². The molecule has 2 aliphatic heterocycles. The van der Waals surface area contributed by atoms with E-state index in [-0.39, 0.29) is 22.7 Å². The Morgan fingerprint density at radius 3 is 2.25 bits per heavy atom. The second-order valence-corrected chi connectivity index (χ2v) is 22.3. The van der Waals surface area contributed by atoms with Crippen LogP contribution in [0.3, 0.4) is 0 Å². The number of hydrogen-bond acceptors (Lipinski definition) is 10. The van der Waals surface area contributed by atoms with Gasteiger partial charge in [-0.3, -0.25) is 14.4 Å². The van der Waals surface area contributed by atoms with Crippen molar-refractivity contribution < 1.29 is 31.5 Å². The molecule has 1 unspecified atom stereocenters. The highest BCUT2D eigenvalue weighted by Crippen LogP contribution is 2.43. The fourth-order valence-electron chi connectivity index (χ4n) is 8.85. The molecule has 3 N–H and O–H groups in total. The molecule has 9 nitrogen and oxygen atoms in total. The van der Waals surface area contributed by atoms with Crippen LogP contribution in [0.15, 0.2) is 110 Å². The lowest BCUT2D eigenvalue weighted by Gasteiger charge is -2.40. The van der Waals surface area contributed by atoms with Crippen LogP contribution >= 0.6 is 23.7 Å². The summed E-state index contributed by atoms with van der Waals surface area (Å²) in [6.45, 7) is 18.2. The van der Waals surface area contributed by atoms with Gasteiger partial charge in [0, 0.05) is 85.2 Å². The first-order valence-electron chi connectivity index (χ1n) is 22.6. The summed E-state index contributed by atoms with van der Waals surface area (Å²) in [7, 11) is -5.76. The molecule has 0 spiro atoms. The van der Waals surface area contributed by atoms with Crippen LogP contribution in [0.25, 0.3) is 0 Å². The number of aliphatic hydroxyl groups excluding tert-OH is 1. The molecule has 2 heterocycles. The number of carbonyl (C=O) groups excluding carboxylic acids is 1. The lowest BCUT2D eigenvalue weighted by Crippen LogP contribution is -2.47. The molecule has 0 radical (unpaired) electrons. The van der Waals surface area contributed by atoms with Crippen molar-refractivity contribution in [1.29, 1.82) is 0 Å². The fourth-order valence-corrected chi connectivity index (χ4v) is 11.5. The van der Waals surface area contributed by atoms with Crippen LogP contribution in [0.5, 0.6) is 0 Å². The van der Waals surface area contributed by atoms with Crippen molar-refractivity contribution in [3.05, 3.63) is 101 Å². The van der Waals surface area contributed by atoms with E-state index in [1.165, 1.54) is 35.9 Å². The minimum absolute atomic E-state index is 0.139. The van der Waals surface area contributed by atoms with Gasteiger partial charge < -0.3 is 20.2 Å². The molecule has 6 rings (SSSR count). The summed E-state index contributed by atoms with van der Waals surface area (Å²) in [5, 5.41) is 13.1. The van der Waals surface area contributed by atoms with Crippen molar-refractivity contribution in [1.82, 2.24) is 14.5 Å². The lowest BCUT2D eigenvalue weighted by molar-refractivity contribution is -0.0435. The zero-order valence-electron chi connectivity index (χ0n) is 38.0. The molecule has 15 heteroatoms. The molecule has 2 fully saturated rings. The standard InChI is InChI=1S/C49H66F3N5O4S3/c1-6-10-43(35(2)3)44-32-48(4,5)23-19-37(44)33-56-27-29-57(30-28-56)39-15-13-36(14-16-39)47(59)54-63-42-17-18-45(46(31-42)64(60,61)49(50,51)52)53-38(34-62-41-11-8-7-9-12-41)20-24-55-25-21-40(58)22-26-55/h7-9,11-18,31,38,40,53,58H,6,10,19-30,32-34H2,1-5H3,(H,54,59). The maximum Gasteiger partial charge on any atom is 0.501 e. The van der Waals surface area contributed by atoms with E-state index < -0.39 is 26.1 Å². The topological polar surface area (TPSA) is 105 Å². The number of nitrogens with one attached hydrogen (secondary N) is 2. The normalized spacial score (nSPS) is 18.5. The molecule has 0 aromatic heterocycles. The zero-order valence-corrected chi connectivity index (χ0v) is 40.4. The molecule has 64 heavy (non-hydrogen) atoms. The Bertz CT molecular complexity index is 2200. The smallest absolute Gasteiger partial charge is 0.393 e. The number of alkyl halides is 3. The number of amides is 1. The van der Waals surface area contributed by atoms with Gasteiger partial charge in [-0.05, 0) is 142 Å².